The average molecular weight is 616 g/mol. The van der Waals surface area contributed by atoms with E-state index in [4.69, 9.17) is 16.3 Å². The largest absolute Gasteiger partial charge is 0.378 e. The van der Waals surface area contributed by atoms with Crippen molar-refractivity contribution in [2.45, 2.75) is 53.7 Å². The maximum Gasteiger partial charge on any atom is 0.332 e. The van der Waals surface area contributed by atoms with E-state index in [1.807, 2.05) is 0 Å². The normalized spacial score (nSPS) is 18.8. The first-order valence-corrected chi connectivity index (χ1v) is 15.8. The van der Waals surface area contributed by atoms with Gasteiger partial charge in [-0.3, -0.25) is 9.36 Å². The number of halogens is 2. The van der Waals surface area contributed by atoms with Crippen molar-refractivity contribution in [2.75, 3.05) is 24.6 Å². The van der Waals surface area contributed by atoms with Crippen molar-refractivity contribution in [3.63, 3.8) is 0 Å². The Labute approximate surface area is 246 Å². The Morgan fingerprint density at radius 1 is 1.15 bits per heavy atom. The number of hydrogen-bond donors (Lipinski definition) is 0. The summed E-state index contributed by atoms with van der Waals surface area (Å²) >= 11 is 8.01. The molecule has 13 heteroatoms. The average Bonchev–Trinajstić information content (AvgIpc) is 3.31. The fourth-order valence-electron chi connectivity index (χ4n) is 5.61. The van der Waals surface area contributed by atoms with Crippen molar-refractivity contribution in [1.29, 1.82) is 0 Å². The molecule has 4 aromatic rings. The zero-order valence-electron chi connectivity index (χ0n) is 22.2. The molecule has 0 bridgehead atoms. The van der Waals surface area contributed by atoms with Crippen LogP contribution < -0.4 is 10.5 Å². The predicted octanol–water partition coefficient (Wildman–Crippen LogP) is 5.09. The third kappa shape index (κ3) is 5.83. The molecule has 0 aliphatic carbocycles. The summed E-state index contributed by atoms with van der Waals surface area (Å²) < 4.78 is 43.2. The van der Waals surface area contributed by atoms with Crippen LogP contribution in [0.3, 0.4) is 0 Å². The van der Waals surface area contributed by atoms with Crippen molar-refractivity contribution < 1.29 is 17.0 Å². The van der Waals surface area contributed by atoms with Crippen molar-refractivity contribution in [3.05, 3.63) is 76.1 Å². The Morgan fingerprint density at radius 2 is 1.95 bits per heavy atom. The summed E-state index contributed by atoms with van der Waals surface area (Å²) in [7, 11) is -4.87. The van der Waals surface area contributed by atoms with Crippen LogP contribution in [0.25, 0.3) is 10.9 Å². The lowest BCUT2D eigenvalue weighted by molar-refractivity contribution is 0.0976. The maximum atomic E-state index is 13.4. The van der Waals surface area contributed by atoms with E-state index in [0.717, 1.165) is 50.8 Å². The van der Waals surface area contributed by atoms with Gasteiger partial charge in [-0.1, -0.05) is 35.5 Å². The first kappa shape index (κ1) is 28.1. The number of aromatic nitrogens is 4. The van der Waals surface area contributed by atoms with Gasteiger partial charge in [-0.25, -0.2) is 15.0 Å². The number of benzene rings is 2. The number of rotatable bonds is 6. The van der Waals surface area contributed by atoms with E-state index >= 15 is 0 Å². The molecule has 214 valence electrons. The van der Waals surface area contributed by atoms with Gasteiger partial charge in [0, 0.05) is 18.0 Å². The highest BCUT2D eigenvalue weighted by molar-refractivity contribution is 7.99. The van der Waals surface area contributed by atoms with Crippen molar-refractivity contribution in [1.82, 2.24) is 19.5 Å². The number of ether oxygens (including phenoxy) is 1. The summed E-state index contributed by atoms with van der Waals surface area (Å²) in [4.78, 5) is 29.4. The molecule has 9 nitrogen and oxygen atoms in total. The van der Waals surface area contributed by atoms with E-state index in [2.05, 4.69) is 26.8 Å². The molecule has 2 aromatic carbocycles. The van der Waals surface area contributed by atoms with Crippen molar-refractivity contribution in [2.24, 2.45) is 5.41 Å². The van der Waals surface area contributed by atoms with Gasteiger partial charge in [-0.2, -0.15) is 8.42 Å². The maximum absolute atomic E-state index is 13.4. The lowest BCUT2D eigenvalue weighted by atomic mass is 9.77. The molecule has 0 N–H and O–H groups in total. The van der Waals surface area contributed by atoms with Crippen LogP contribution in [-0.2, 0) is 21.5 Å². The van der Waals surface area contributed by atoms with Crippen LogP contribution >= 0.6 is 23.4 Å². The smallest absolute Gasteiger partial charge is 0.332 e. The van der Waals surface area contributed by atoms with Crippen LogP contribution in [0.1, 0.15) is 31.7 Å². The molecule has 1 atom stereocenters. The highest BCUT2D eigenvalue weighted by atomic mass is 35.5. The van der Waals surface area contributed by atoms with E-state index in [1.165, 1.54) is 34.8 Å². The zero-order chi connectivity index (χ0) is 28.8. The summed E-state index contributed by atoms with van der Waals surface area (Å²) in [5, 5.41) is 1.10. The van der Waals surface area contributed by atoms with Crippen molar-refractivity contribution in [3.8, 4) is 0 Å². The Kier molecular flexibility index (Phi) is 7.52. The summed E-state index contributed by atoms with van der Waals surface area (Å²) in [5.41, 5.74) is 0.742. The molecule has 2 aromatic heterocycles. The topological polar surface area (TPSA) is 107 Å². The van der Waals surface area contributed by atoms with Gasteiger partial charge in [-0.05, 0) is 61.4 Å². The lowest BCUT2D eigenvalue weighted by Crippen LogP contribution is -2.41. The van der Waals surface area contributed by atoms with Crippen LogP contribution in [-0.4, -0.2) is 53.7 Å². The SMILES string of the molecule is C[C@H]1CC2(CCN(c3cnc(Sc4ccc5ncn(Cc6cccc(S(=O)(=O)F)c6)c(=O)c5c4Cl)cn3)CC2)CO1. The highest BCUT2D eigenvalue weighted by Gasteiger charge is 2.41. The zero-order valence-corrected chi connectivity index (χ0v) is 24.6. The third-order valence-electron chi connectivity index (χ3n) is 7.80. The second kappa shape index (κ2) is 11.0. The van der Waals surface area contributed by atoms with E-state index in [9.17, 15) is 17.1 Å². The molecule has 2 aliphatic heterocycles. The summed E-state index contributed by atoms with van der Waals surface area (Å²) in [5.74, 6) is 0.831. The predicted molar refractivity (Wildman–Crippen MR) is 155 cm³/mol. The number of piperidine rings is 1. The van der Waals surface area contributed by atoms with Crippen LogP contribution in [0, 0.1) is 5.41 Å². The fourth-order valence-corrected chi connectivity index (χ4v) is 7.27. The monoisotopic (exact) mass is 615 g/mol. The minimum atomic E-state index is -4.87. The number of hydrogen-bond acceptors (Lipinski definition) is 9. The molecular formula is C28H27ClFN5O4S2. The molecule has 2 aliphatic rings. The third-order valence-corrected chi connectivity index (χ3v) is 10.1. The minimum Gasteiger partial charge on any atom is -0.378 e. The first-order valence-electron chi connectivity index (χ1n) is 13.2. The first-order chi connectivity index (χ1) is 19.6. The van der Waals surface area contributed by atoms with Gasteiger partial charge in [0.15, 0.2) is 0 Å². The fraction of sp³-hybridized carbons (Fsp3) is 0.357. The lowest BCUT2D eigenvalue weighted by Gasteiger charge is -2.38. The summed E-state index contributed by atoms with van der Waals surface area (Å²) in [6.45, 7) is 4.81. The van der Waals surface area contributed by atoms with Crippen LogP contribution in [0.5, 0.6) is 0 Å². The van der Waals surface area contributed by atoms with Gasteiger partial charge in [0.25, 0.3) is 5.56 Å². The molecule has 0 amide bonds. The molecule has 4 heterocycles. The summed E-state index contributed by atoms with van der Waals surface area (Å²) in [6, 6.07) is 8.86. The molecular weight excluding hydrogens is 589 g/mol. The molecule has 41 heavy (non-hydrogen) atoms. The standard InChI is InChI=1S/C28H27ClFN5O4S2/c1-18-12-28(16-39-18)7-9-34(10-8-28)23-13-32-24(14-31-23)40-22-6-5-21-25(26(22)29)27(36)35(17-33-21)15-19-3-2-4-20(11-19)41(30,37)38/h2-6,11,13-14,17-18H,7-10,12,15-16H2,1H3/t18-/m0/s1. The highest BCUT2D eigenvalue weighted by Crippen LogP contribution is 2.42. The molecule has 2 saturated heterocycles. The summed E-state index contributed by atoms with van der Waals surface area (Å²) in [6.07, 6.45) is 8.44. The molecule has 0 radical (unpaired) electrons. The Hall–Kier alpha value is -3.06. The molecule has 2 fully saturated rings. The van der Waals surface area contributed by atoms with E-state index in [1.54, 1.807) is 30.6 Å². The molecule has 1 spiro atoms. The quantitative estimate of drug-likeness (QED) is 0.274. The number of nitrogens with zero attached hydrogens (tertiary/aromatic N) is 5. The molecule has 0 unspecified atom stereocenters. The van der Waals surface area contributed by atoms with E-state index in [0.29, 0.717) is 32.5 Å². The molecule has 6 rings (SSSR count). The van der Waals surface area contributed by atoms with E-state index in [-0.39, 0.29) is 17.0 Å². The van der Waals surface area contributed by atoms with Gasteiger partial charge in [0.2, 0.25) is 0 Å². The number of anilines is 1. The Bertz CT molecular complexity index is 1780. The molecule has 0 saturated carbocycles. The number of fused-ring (bicyclic) bond motifs is 1. The Morgan fingerprint density at radius 3 is 2.63 bits per heavy atom. The van der Waals surface area contributed by atoms with Gasteiger partial charge in [-0.15, -0.1) is 3.89 Å². The van der Waals surface area contributed by atoms with Crippen LogP contribution in [0.15, 0.2) is 74.7 Å². The van der Waals surface area contributed by atoms with Crippen LogP contribution in [0.4, 0.5) is 9.70 Å². The van der Waals surface area contributed by atoms with E-state index < -0.39 is 20.7 Å². The van der Waals surface area contributed by atoms with Crippen LogP contribution in [0.2, 0.25) is 5.02 Å². The van der Waals surface area contributed by atoms with Gasteiger partial charge in [0.05, 0.1) is 58.8 Å². The van der Waals surface area contributed by atoms with Gasteiger partial charge in [0.1, 0.15) is 10.8 Å². The van der Waals surface area contributed by atoms with Gasteiger partial charge >= 0.3 is 10.2 Å². The minimum absolute atomic E-state index is 0.00452. The van der Waals surface area contributed by atoms with Crippen molar-refractivity contribution >= 4 is 50.3 Å². The van der Waals surface area contributed by atoms with Gasteiger partial charge < -0.3 is 9.64 Å². The second-order valence-corrected chi connectivity index (χ2v) is 13.4. The second-order valence-electron chi connectivity index (χ2n) is 10.7. The Balaban J connectivity index is 1.19.